The highest BCUT2D eigenvalue weighted by Crippen LogP contribution is 2.29. The molecule has 0 saturated carbocycles. The molecule has 1 atom stereocenters. The number of para-hydroxylation sites is 3. The molecule has 0 fully saturated rings. The zero-order valence-corrected chi connectivity index (χ0v) is 14.1. The van der Waals surface area contributed by atoms with Crippen LogP contribution in [0.15, 0.2) is 54.7 Å². The number of aromatic nitrogens is 1. The van der Waals surface area contributed by atoms with Crippen LogP contribution in [-0.2, 0) is 16.0 Å². The predicted molar refractivity (Wildman–Crippen MR) is 99.1 cm³/mol. The van der Waals surface area contributed by atoms with Crippen molar-refractivity contribution < 1.29 is 14.3 Å². The second kappa shape index (κ2) is 6.92. The SMILES string of the molecule is O=C(C[C@@H]1Oc2ccccc2NC1=O)NCCc1c[nH]c2ccccc12. The fraction of sp³-hybridized carbons (Fsp3) is 0.200. The standard InChI is InChI=1S/C20H19N3O3/c24-19(11-18-20(25)23-16-7-3-4-8-17(16)26-18)21-10-9-13-12-22-15-6-2-1-5-14(13)15/h1-8,12,18,22H,9-11H2,(H,21,24)(H,23,25)/t18-/m0/s1. The molecule has 3 aromatic rings. The first-order chi connectivity index (χ1) is 12.7. The van der Waals surface area contributed by atoms with E-state index in [0.29, 0.717) is 18.0 Å². The number of hydrogen-bond acceptors (Lipinski definition) is 3. The Hall–Kier alpha value is -3.28. The number of ether oxygens (including phenoxy) is 1. The molecule has 0 aliphatic carbocycles. The molecule has 6 heteroatoms. The first-order valence-electron chi connectivity index (χ1n) is 8.59. The van der Waals surface area contributed by atoms with Gasteiger partial charge in [0, 0.05) is 23.6 Å². The second-order valence-electron chi connectivity index (χ2n) is 6.26. The van der Waals surface area contributed by atoms with E-state index in [1.165, 1.54) is 0 Å². The van der Waals surface area contributed by atoms with Gasteiger partial charge in [-0.3, -0.25) is 9.59 Å². The highest BCUT2D eigenvalue weighted by molar-refractivity contribution is 5.99. The summed E-state index contributed by atoms with van der Waals surface area (Å²) in [7, 11) is 0. The van der Waals surface area contributed by atoms with Crippen molar-refractivity contribution in [1.29, 1.82) is 0 Å². The maximum Gasteiger partial charge on any atom is 0.266 e. The van der Waals surface area contributed by atoms with Crippen LogP contribution in [0.4, 0.5) is 5.69 Å². The van der Waals surface area contributed by atoms with E-state index in [0.717, 1.165) is 22.9 Å². The van der Waals surface area contributed by atoms with Gasteiger partial charge in [0.05, 0.1) is 12.1 Å². The molecule has 2 heterocycles. The molecule has 0 unspecified atom stereocenters. The Kier molecular flexibility index (Phi) is 4.31. The summed E-state index contributed by atoms with van der Waals surface area (Å²) in [5.41, 5.74) is 2.87. The number of carbonyl (C=O) groups is 2. The average Bonchev–Trinajstić information content (AvgIpc) is 3.06. The lowest BCUT2D eigenvalue weighted by molar-refractivity contribution is -0.130. The van der Waals surface area contributed by atoms with Gasteiger partial charge in [-0.05, 0) is 30.2 Å². The highest BCUT2D eigenvalue weighted by atomic mass is 16.5. The van der Waals surface area contributed by atoms with Gasteiger partial charge in [0.1, 0.15) is 5.75 Å². The molecule has 6 nitrogen and oxygen atoms in total. The second-order valence-corrected chi connectivity index (χ2v) is 6.26. The van der Waals surface area contributed by atoms with Crippen molar-refractivity contribution in [3.63, 3.8) is 0 Å². The van der Waals surface area contributed by atoms with Gasteiger partial charge < -0.3 is 20.4 Å². The Morgan fingerprint density at radius 3 is 2.85 bits per heavy atom. The van der Waals surface area contributed by atoms with Crippen molar-refractivity contribution in [3.05, 3.63) is 60.3 Å². The lowest BCUT2D eigenvalue weighted by Gasteiger charge is -2.25. The highest BCUT2D eigenvalue weighted by Gasteiger charge is 2.29. The predicted octanol–water partition coefficient (Wildman–Crippen LogP) is 2.62. The topological polar surface area (TPSA) is 83.2 Å². The van der Waals surface area contributed by atoms with Crippen molar-refractivity contribution in [2.45, 2.75) is 18.9 Å². The van der Waals surface area contributed by atoms with E-state index in [4.69, 9.17) is 4.74 Å². The molecular formula is C20H19N3O3. The van der Waals surface area contributed by atoms with Crippen LogP contribution in [0, 0.1) is 0 Å². The number of amides is 2. The number of carbonyl (C=O) groups excluding carboxylic acids is 2. The third-order valence-corrected chi connectivity index (χ3v) is 4.47. The first kappa shape index (κ1) is 16.2. The van der Waals surface area contributed by atoms with Crippen molar-refractivity contribution in [2.24, 2.45) is 0 Å². The summed E-state index contributed by atoms with van der Waals surface area (Å²) in [6, 6.07) is 15.2. The number of H-pyrrole nitrogens is 1. The molecule has 0 spiro atoms. The van der Waals surface area contributed by atoms with Crippen LogP contribution in [-0.4, -0.2) is 29.4 Å². The van der Waals surface area contributed by atoms with Crippen LogP contribution in [0.25, 0.3) is 10.9 Å². The average molecular weight is 349 g/mol. The molecule has 4 rings (SSSR count). The third kappa shape index (κ3) is 3.26. The molecule has 0 saturated heterocycles. The first-order valence-corrected chi connectivity index (χ1v) is 8.59. The minimum atomic E-state index is -0.807. The van der Waals surface area contributed by atoms with Gasteiger partial charge in [0.2, 0.25) is 5.91 Å². The minimum Gasteiger partial charge on any atom is -0.478 e. The zero-order chi connectivity index (χ0) is 17.9. The maximum atomic E-state index is 12.2. The molecule has 132 valence electrons. The molecule has 1 aliphatic heterocycles. The van der Waals surface area contributed by atoms with Crippen LogP contribution in [0.1, 0.15) is 12.0 Å². The van der Waals surface area contributed by atoms with Gasteiger partial charge in [-0.15, -0.1) is 0 Å². The summed E-state index contributed by atoms with van der Waals surface area (Å²) in [5, 5.41) is 6.79. The monoisotopic (exact) mass is 349 g/mol. The molecule has 1 aliphatic rings. The van der Waals surface area contributed by atoms with Crippen molar-refractivity contribution >= 4 is 28.4 Å². The molecule has 0 radical (unpaired) electrons. The van der Waals surface area contributed by atoms with Crippen LogP contribution >= 0.6 is 0 Å². The summed E-state index contributed by atoms with van der Waals surface area (Å²) in [4.78, 5) is 27.5. The minimum absolute atomic E-state index is 0.00590. The summed E-state index contributed by atoms with van der Waals surface area (Å²) in [6.07, 6.45) is 1.87. The number of nitrogens with one attached hydrogen (secondary N) is 3. The normalized spacial score (nSPS) is 15.8. The van der Waals surface area contributed by atoms with E-state index in [-0.39, 0.29) is 18.2 Å². The lowest BCUT2D eigenvalue weighted by atomic mass is 10.1. The fourth-order valence-corrected chi connectivity index (χ4v) is 3.14. The van der Waals surface area contributed by atoms with Crippen LogP contribution in [0.5, 0.6) is 5.75 Å². The van der Waals surface area contributed by atoms with E-state index in [2.05, 4.69) is 21.7 Å². The fourth-order valence-electron chi connectivity index (χ4n) is 3.14. The molecular weight excluding hydrogens is 330 g/mol. The maximum absolute atomic E-state index is 12.2. The van der Waals surface area contributed by atoms with Gasteiger partial charge in [-0.1, -0.05) is 30.3 Å². The quantitative estimate of drug-likeness (QED) is 0.662. The molecule has 26 heavy (non-hydrogen) atoms. The molecule has 0 bridgehead atoms. The van der Waals surface area contributed by atoms with E-state index < -0.39 is 6.10 Å². The Morgan fingerprint density at radius 1 is 1.12 bits per heavy atom. The summed E-state index contributed by atoms with van der Waals surface area (Å²) in [5.74, 6) is 0.0866. The molecule has 1 aromatic heterocycles. The molecule has 2 aromatic carbocycles. The molecule has 2 amide bonds. The van der Waals surface area contributed by atoms with Gasteiger partial charge in [-0.25, -0.2) is 0 Å². The Bertz CT molecular complexity index is 964. The number of anilines is 1. The summed E-state index contributed by atoms with van der Waals surface area (Å²) in [6.45, 7) is 0.506. The van der Waals surface area contributed by atoms with Gasteiger partial charge in [-0.2, -0.15) is 0 Å². The number of aromatic amines is 1. The Balaban J connectivity index is 1.31. The van der Waals surface area contributed by atoms with E-state index in [1.807, 2.05) is 36.5 Å². The number of fused-ring (bicyclic) bond motifs is 2. The summed E-state index contributed by atoms with van der Waals surface area (Å²) >= 11 is 0. The van der Waals surface area contributed by atoms with Crippen LogP contribution in [0.3, 0.4) is 0 Å². The Morgan fingerprint density at radius 2 is 1.92 bits per heavy atom. The lowest BCUT2D eigenvalue weighted by Crippen LogP contribution is -2.41. The Labute approximate surface area is 150 Å². The van der Waals surface area contributed by atoms with Gasteiger partial charge >= 0.3 is 0 Å². The van der Waals surface area contributed by atoms with Gasteiger partial charge in [0.15, 0.2) is 6.10 Å². The number of hydrogen-bond donors (Lipinski definition) is 3. The van der Waals surface area contributed by atoms with Crippen molar-refractivity contribution in [3.8, 4) is 5.75 Å². The van der Waals surface area contributed by atoms with Crippen molar-refractivity contribution in [2.75, 3.05) is 11.9 Å². The molecule has 3 N–H and O–H groups in total. The smallest absolute Gasteiger partial charge is 0.266 e. The van der Waals surface area contributed by atoms with Gasteiger partial charge in [0.25, 0.3) is 5.91 Å². The zero-order valence-electron chi connectivity index (χ0n) is 14.1. The van der Waals surface area contributed by atoms with Crippen molar-refractivity contribution in [1.82, 2.24) is 10.3 Å². The third-order valence-electron chi connectivity index (χ3n) is 4.47. The largest absolute Gasteiger partial charge is 0.478 e. The number of rotatable bonds is 5. The van der Waals surface area contributed by atoms with E-state index >= 15 is 0 Å². The van der Waals surface area contributed by atoms with E-state index in [9.17, 15) is 9.59 Å². The van der Waals surface area contributed by atoms with Crippen LogP contribution < -0.4 is 15.4 Å². The summed E-state index contributed by atoms with van der Waals surface area (Å²) < 4.78 is 5.65. The van der Waals surface area contributed by atoms with E-state index in [1.54, 1.807) is 12.1 Å². The number of benzene rings is 2. The van der Waals surface area contributed by atoms with Crippen LogP contribution in [0.2, 0.25) is 0 Å².